The van der Waals surface area contributed by atoms with E-state index in [0.717, 1.165) is 32.1 Å². The molecule has 328 valence electrons. The predicted octanol–water partition coefficient (Wildman–Crippen LogP) is 8.32. The standard InChI is InChI=1S/C41H78N2O6.CH4.4H2S/c1-3-4-5-6-7-8-9-10-11-15-18-21-24-27-38(46)43-36(30-42-35-28-34(31-44)39(47)41(49)40(35)48)37(45)29-33-26-23-20-17-14-12-13-16-19-22-25-32(33)2;;;;;/h28,32-33,35-37,39-42,44-45,47-49H,3-27,29-31H2,1-2H3,(H,43,46);1H4;4*1H2/t32?,33?,35-,36+,37?,39?,40+,41?;;;;;/m1...../s1. The molecular formula is C42H90N2O6S4. The average Bonchev–Trinajstić information content (AvgIpc) is 3.11. The first-order valence-electron chi connectivity index (χ1n) is 20.8. The van der Waals surface area contributed by atoms with Gasteiger partial charge in [0.05, 0.1) is 24.8 Å². The van der Waals surface area contributed by atoms with Crippen molar-refractivity contribution >= 4 is 59.9 Å². The molecule has 0 bridgehead atoms. The Hall–Kier alpha value is 0.370. The van der Waals surface area contributed by atoms with Crippen LogP contribution in [0, 0.1) is 11.8 Å². The monoisotopic (exact) mass is 847 g/mol. The van der Waals surface area contributed by atoms with Crippen LogP contribution in [-0.4, -0.2) is 81.1 Å². The van der Waals surface area contributed by atoms with Crippen LogP contribution in [0.5, 0.6) is 0 Å². The van der Waals surface area contributed by atoms with Crippen LogP contribution in [0.4, 0.5) is 0 Å². The largest absolute Gasteiger partial charge is 0.392 e. The van der Waals surface area contributed by atoms with Crippen molar-refractivity contribution in [3.8, 4) is 0 Å². The molecule has 0 saturated heterocycles. The minimum atomic E-state index is -1.43. The summed E-state index contributed by atoms with van der Waals surface area (Å²) in [5.74, 6) is 0.801. The zero-order chi connectivity index (χ0) is 35.7. The van der Waals surface area contributed by atoms with Gasteiger partial charge in [-0.25, -0.2) is 0 Å². The third-order valence-corrected chi connectivity index (χ3v) is 11.5. The van der Waals surface area contributed by atoms with Gasteiger partial charge >= 0.3 is 0 Å². The van der Waals surface area contributed by atoms with Gasteiger partial charge in [0.1, 0.15) is 18.3 Å². The molecule has 2 rings (SSSR count). The van der Waals surface area contributed by atoms with Gasteiger partial charge in [0.25, 0.3) is 0 Å². The van der Waals surface area contributed by atoms with Gasteiger partial charge in [-0.3, -0.25) is 4.79 Å². The number of aliphatic hydroxyl groups excluding tert-OH is 5. The van der Waals surface area contributed by atoms with Crippen molar-refractivity contribution in [2.24, 2.45) is 11.8 Å². The summed E-state index contributed by atoms with van der Waals surface area (Å²) < 4.78 is 0. The molecular weight excluding hydrogens is 757 g/mol. The van der Waals surface area contributed by atoms with Crippen molar-refractivity contribution in [1.82, 2.24) is 10.6 Å². The molecule has 1 amide bonds. The molecule has 0 aliphatic heterocycles. The fourth-order valence-electron chi connectivity index (χ4n) is 7.96. The molecule has 12 heteroatoms. The zero-order valence-electron chi connectivity index (χ0n) is 33.6. The number of aliphatic hydroxyl groups is 5. The molecule has 54 heavy (non-hydrogen) atoms. The molecule has 0 heterocycles. The van der Waals surface area contributed by atoms with Crippen molar-refractivity contribution in [3.63, 3.8) is 0 Å². The van der Waals surface area contributed by atoms with Gasteiger partial charge in [-0.2, -0.15) is 54.0 Å². The fourth-order valence-corrected chi connectivity index (χ4v) is 7.96. The SMILES string of the molecule is C.CCCCCCCCCCCCCCCC(=O)N[C@@H](CN[C@@H]1C=C(CO)C(O)C(O)[C@H]1O)C(O)CC1CCCCCCCCCCCC1C.S.S.S.S. The summed E-state index contributed by atoms with van der Waals surface area (Å²) in [4.78, 5) is 13.2. The second kappa shape index (κ2) is 38.9. The minimum Gasteiger partial charge on any atom is -0.392 e. The topological polar surface area (TPSA) is 142 Å². The van der Waals surface area contributed by atoms with Crippen molar-refractivity contribution < 1.29 is 30.3 Å². The van der Waals surface area contributed by atoms with E-state index in [1.54, 1.807) is 6.08 Å². The summed E-state index contributed by atoms with van der Waals surface area (Å²) in [6, 6.07) is -1.29. The first kappa shape index (κ1) is 61.0. The molecule has 5 unspecified atom stereocenters. The highest BCUT2D eigenvalue weighted by Gasteiger charge is 2.37. The van der Waals surface area contributed by atoms with E-state index < -0.39 is 43.1 Å². The van der Waals surface area contributed by atoms with Crippen LogP contribution >= 0.6 is 54.0 Å². The second-order valence-corrected chi connectivity index (χ2v) is 15.7. The molecule has 2 aliphatic carbocycles. The van der Waals surface area contributed by atoms with Crippen molar-refractivity contribution in [2.75, 3.05) is 13.2 Å². The maximum atomic E-state index is 13.2. The van der Waals surface area contributed by atoms with Crippen LogP contribution in [0.2, 0.25) is 0 Å². The van der Waals surface area contributed by atoms with E-state index in [1.807, 2.05) is 0 Å². The zero-order valence-corrected chi connectivity index (χ0v) is 37.6. The van der Waals surface area contributed by atoms with E-state index in [-0.39, 0.29) is 79.4 Å². The Labute approximate surface area is 360 Å². The van der Waals surface area contributed by atoms with Gasteiger partial charge in [-0.05, 0) is 30.3 Å². The minimum absolute atomic E-state index is 0. The van der Waals surface area contributed by atoms with Crippen LogP contribution in [0.15, 0.2) is 11.6 Å². The van der Waals surface area contributed by atoms with E-state index in [4.69, 9.17) is 0 Å². The summed E-state index contributed by atoms with van der Waals surface area (Å²) in [5.41, 5.74) is 0.247. The highest BCUT2D eigenvalue weighted by molar-refractivity contribution is 7.59. The number of rotatable bonds is 22. The Morgan fingerprint density at radius 2 is 1.19 bits per heavy atom. The first-order chi connectivity index (χ1) is 23.8. The lowest BCUT2D eigenvalue weighted by atomic mass is 9.80. The van der Waals surface area contributed by atoms with Gasteiger partial charge in [0, 0.05) is 13.0 Å². The van der Waals surface area contributed by atoms with Gasteiger partial charge in [-0.1, -0.05) is 175 Å². The summed E-state index contributed by atoms with van der Waals surface area (Å²) in [6.07, 6.45) is 27.8. The Kier molecular flexibility index (Phi) is 43.9. The van der Waals surface area contributed by atoms with E-state index >= 15 is 0 Å². The molecule has 1 saturated carbocycles. The first-order valence-corrected chi connectivity index (χ1v) is 20.8. The number of hydrogen-bond acceptors (Lipinski definition) is 7. The van der Waals surface area contributed by atoms with Crippen LogP contribution in [0.3, 0.4) is 0 Å². The Morgan fingerprint density at radius 3 is 1.69 bits per heavy atom. The lowest BCUT2D eigenvalue weighted by Gasteiger charge is -2.36. The molecule has 0 aromatic heterocycles. The average molecular weight is 847 g/mol. The van der Waals surface area contributed by atoms with Gasteiger partial charge in [-0.15, -0.1) is 0 Å². The summed E-state index contributed by atoms with van der Waals surface area (Å²) >= 11 is 0. The van der Waals surface area contributed by atoms with E-state index in [9.17, 15) is 30.3 Å². The van der Waals surface area contributed by atoms with Crippen molar-refractivity contribution in [2.45, 2.75) is 225 Å². The molecule has 0 spiro atoms. The Morgan fingerprint density at radius 1 is 0.722 bits per heavy atom. The molecule has 0 aromatic carbocycles. The summed E-state index contributed by atoms with van der Waals surface area (Å²) in [7, 11) is 0. The number of carbonyl (C=O) groups is 1. The molecule has 0 aromatic rings. The number of carbonyl (C=O) groups excluding carboxylic acids is 1. The Balaban J connectivity index is -0.00000250. The van der Waals surface area contributed by atoms with E-state index in [1.165, 1.54) is 122 Å². The van der Waals surface area contributed by atoms with Crippen LogP contribution in [0.1, 0.15) is 188 Å². The molecule has 1 fully saturated rings. The third kappa shape index (κ3) is 26.4. The highest BCUT2D eigenvalue weighted by Crippen LogP contribution is 2.30. The molecule has 2 aliphatic rings. The number of hydrogen-bond donors (Lipinski definition) is 7. The molecule has 8 atom stereocenters. The summed E-state index contributed by atoms with van der Waals surface area (Å²) in [6.45, 7) is 4.36. The Bertz CT molecular complexity index is 877. The smallest absolute Gasteiger partial charge is 0.220 e. The molecule has 8 nitrogen and oxygen atoms in total. The fraction of sp³-hybridized carbons (Fsp3) is 0.929. The van der Waals surface area contributed by atoms with Crippen LogP contribution < -0.4 is 10.6 Å². The number of amides is 1. The lowest BCUT2D eigenvalue weighted by Crippen LogP contribution is -2.58. The summed E-state index contributed by atoms with van der Waals surface area (Å²) in [5, 5.41) is 58.9. The van der Waals surface area contributed by atoms with Crippen LogP contribution in [-0.2, 0) is 4.79 Å². The van der Waals surface area contributed by atoms with E-state index in [2.05, 4.69) is 24.5 Å². The van der Waals surface area contributed by atoms with Crippen molar-refractivity contribution in [1.29, 1.82) is 0 Å². The third-order valence-electron chi connectivity index (χ3n) is 11.5. The highest BCUT2D eigenvalue weighted by atomic mass is 32.1. The predicted molar refractivity (Wildman–Crippen MR) is 250 cm³/mol. The quantitative estimate of drug-likeness (QED) is 0.0430. The van der Waals surface area contributed by atoms with Gasteiger partial charge in [0.15, 0.2) is 0 Å². The van der Waals surface area contributed by atoms with E-state index in [0.29, 0.717) is 24.7 Å². The number of unbranched alkanes of at least 4 members (excludes halogenated alkanes) is 12. The lowest BCUT2D eigenvalue weighted by molar-refractivity contribution is -0.123. The second-order valence-electron chi connectivity index (χ2n) is 15.7. The maximum absolute atomic E-state index is 13.2. The normalized spacial score (nSPS) is 24.8. The molecule has 7 N–H and O–H groups in total. The van der Waals surface area contributed by atoms with Gasteiger partial charge in [0.2, 0.25) is 5.91 Å². The molecule has 0 radical (unpaired) electrons. The van der Waals surface area contributed by atoms with Crippen molar-refractivity contribution in [3.05, 3.63) is 11.6 Å². The maximum Gasteiger partial charge on any atom is 0.220 e. The van der Waals surface area contributed by atoms with Crippen LogP contribution in [0.25, 0.3) is 0 Å². The van der Waals surface area contributed by atoms with Gasteiger partial charge < -0.3 is 36.2 Å². The number of nitrogens with one attached hydrogen (secondary N) is 2.